The van der Waals surface area contributed by atoms with E-state index in [2.05, 4.69) is 10.0 Å². The summed E-state index contributed by atoms with van der Waals surface area (Å²) in [4.78, 5) is 15.0. The van der Waals surface area contributed by atoms with Crippen molar-refractivity contribution >= 4 is 28.3 Å². The fourth-order valence-corrected chi connectivity index (χ4v) is 4.61. The molecule has 3 rings (SSSR count). The molecule has 2 aliphatic heterocycles. The van der Waals surface area contributed by atoms with Gasteiger partial charge in [-0.2, -0.15) is 0 Å². The third kappa shape index (κ3) is 4.55. The van der Waals surface area contributed by atoms with Gasteiger partial charge < -0.3 is 15.0 Å². The van der Waals surface area contributed by atoms with E-state index in [1.807, 2.05) is 4.90 Å². The van der Waals surface area contributed by atoms with Crippen LogP contribution in [0.25, 0.3) is 0 Å². The molecule has 2 unspecified atom stereocenters. The van der Waals surface area contributed by atoms with Crippen LogP contribution in [0.5, 0.6) is 0 Å². The van der Waals surface area contributed by atoms with Crippen LogP contribution in [0.4, 0.5) is 0 Å². The predicted octanol–water partition coefficient (Wildman–Crippen LogP) is 1.000. The Morgan fingerprint density at radius 1 is 1.23 bits per heavy atom. The van der Waals surface area contributed by atoms with Crippen molar-refractivity contribution in [3.8, 4) is 0 Å². The number of halogens is 1. The Labute approximate surface area is 160 Å². The Bertz CT molecular complexity index is 697. The predicted molar refractivity (Wildman–Crippen MR) is 101 cm³/mol. The summed E-state index contributed by atoms with van der Waals surface area (Å²) in [5.41, 5.74) is 0.537. The number of ether oxygens (including phenoxy) is 1. The van der Waals surface area contributed by atoms with Crippen LogP contribution < -0.4 is 10.0 Å². The Morgan fingerprint density at radius 2 is 1.92 bits per heavy atom. The van der Waals surface area contributed by atoms with Crippen molar-refractivity contribution in [2.24, 2.45) is 0 Å². The van der Waals surface area contributed by atoms with E-state index < -0.39 is 10.0 Å². The molecular formula is C17H26ClN3O4S. The van der Waals surface area contributed by atoms with Crippen LogP contribution in [0.2, 0.25) is 0 Å². The number of fused-ring (bicyclic) bond motifs is 2. The van der Waals surface area contributed by atoms with Crippen LogP contribution >= 0.6 is 12.4 Å². The lowest BCUT2D eigenvalue weighted by Gasteiger charge is -2.28. The van der Waals surface area contributed by atoms with Crippen LogP contribution in [0.1, 0.15) is 29.6 Å². The van der Waals surface area contributed by atoms with Gasteiger partial charge in [-0.25, -0.2) is 13.1 Å². The van der Waals surface area contributed by atoms with Gasteiger partial charge in [0.2, 0.25) is 10.0 Å². The highest BCUT2D eigenvalue weighted by atomic mass is 35.5. The normalized spacial score (nSPS) is 22.6. The van der Waals surface area contributed by atoms with Crippen LogP contribution in [-0.2, 0) is 14.8 Å². The minimum Gasteiger partial charge on any atom is -0.383 e. The summed E-state index contributed by atoms with van der Waals surface area (Å²) in [5, 5.41) is 3.38. The van der Waals surface area contributed by atoms with E-state index in [4.69, 9.17) is 4.74 Å². The molecule has 146 valence electrons. The molecule has 0 radical (unpaired) electrons. The number of methoxy groups -OCH3 is 1. The zero-order valence-corrected chi connectivity index (χ0v) is 16.4. The number of carbonyl (C=O) groups is 1. The largest absolute Gasteiger partial charge is 0.383 e. The van der Waals surface area contributed by atoms with Crippen molar-refractivity contribution < 1.29 is 17.9 Å². The van der Waals surface area contributed by atoms with Crippen molar-refractivity contribution in [2.45, 2.75) is 36.2 Å². The number of carbonyl (C=O) groups excluding carboxylic acids is 1. The van der Waals surface area contributed by atoms with E-state index in [-0.39, 0.29) is 41.8 Å². The number of nitrogens with one attached hydrogen (secondary N) is 2. The van der Waals surface area contributed by atoms with Gasteiger partial charge in [-0.05, 0) is 50.1 Å². The first kappa shape index (κ1) is 21.1. The Kier molecular flexibility index (Phi) is 7.42. The number of hydrogen-bond donors (Lipinski definition) is 2. The lowest BCUT2D eigenvalue weighted by atomic mass is 10.1. The van der Waals surface area contributed by atoms with E-state index in [0.717, 1.165) is 32.4 Å². The van der Waals surface area contributed by atoms with Crippen LogP contribution in [0.3, 0.4) is 0 Å². The van der Waals surface area contributed by atoms with Crippen LogP contribution in [-0.4, -0.2) is 64.7 Å². The number of sulfonamides is 1. The molecule has 9 heteroatoms. The molecule has 7 nitrogen and oxygen atoms in total. The monoisotopic (exact) mass is 403 g/mol. The molecule has 2 fully saturated rings. The number of rotatable bonds is 6. The van der Waals surface area contributed by atoms with Gasteiger partial charge in [0.1, 0.15) is 0 Å². The van der Waals surface area contributed by atoms with Crippen LogP contribution in [0, 0.1) is 0 Å². The van der Waals surface area contributed by atoms with Crippen molar-refractivity contribution in [3.63, 3.8) is 0 Å². The Balaban J connectivity index is 0.00000243. The molecular weight excluding hydrogens is 378 g/mol. The molecule has 2 N–H and O–H groups in total. The Morgan fingerprint density at radius 3 is 2.62 bits per heavy atom. The zero-order valence-electron chi connectivity index (χ0n) is 14.8. The second-order valence-electron chi connectivity index (χ2n) is 6.51. The van der Waals surface area contributed by atoms with Crippen molar-refractivity contribution in [3.05, 3.63) is 29.8 Å². The molecule has 1 aromatic rings. The molecule has 0 spiro atoms. The minimum absolute atomic E-state index is 0. The summed E-state index contributed by atoms with van der Waals surface area (Å²) >= 11 is 0. The first-order valence-electron chi connectivity index (χ1n) is 8.65. The van der Waals surface area contributed by atoms with Gasteiger partial charge >= 0.3 is 0 Å². The summed E-state index contributed by atoms with van der Waals surface area (Å²) in [6.07, 6.45) is 3.05. The van der Waals surface area contributed by atoms with Crippen molar-refractivity contribution in [1.29, 1.82) is 0 Å². The summed E-state index contributed by atoms with van der Waals surface area (Å²) in [6, 6.07) is 6.70. The van der Waals surface area contributed by atoms with E-state index in [0.29, 0.717) is 12.2 Å². The third-order valence-corrected chi connectivity index (χ3v) is 6.38. The second kappa shape index (κ2) is 9.14. The van der Waals surface area contributed by atoms with Gasteiger partial charge in [-0.1, -0.05) is 0 Å². The van der Waals surface area contributed by atoms with Crippen molar-refractivity contribution in [2.75, 3.05) is 33.4 Å². The van der Waals surface area contributed by atoms with Gasteiger partial charge in [-0.3, -0.25) is 4.79 Å². The lowest BCUT2D eigenvalue weighted by molar-refractivity contribution is 0.0680. The van der Waals surface area contributed by atoms with Gasteiger partial charge in [0.05, 0.1) is 11.5 Å². The first-order chi connectivity index (χ1) is 12.0. The zero-order chi connectivity index (χ0) is 17.9. The highest BCUT2D eigenvalue weighted by Gasteiger charge is 2.38. The molecule has 2 atom stereocenters. The molecule has 0 saturated carbocycles. The molecule has 26 heavy (non-hydrogen) atoms. The maximum Gasteiger partial charge on any atom is 0.254 e. The molecule has 1 amide bonds. The SMILES string of the molecule is COCCNS(=O)(=O)c1ccc(C(=O)N2C3CCNCC2CC3)cc1.Cl. The highest BCUT2D eigenvalue weighted by Crippen LogP contribution is 2.29. The topological polar surface area (TPSA) is 87.7 Å². The summed E-state index contributed by atoms with van der Waals surface area (Å²) < 4.78 is 31.7. The van der Waals surface area contributed by atoms with Gasteiger partial charge in [-0.15, -0.1) is 12.4 Å². The van der Waals surface area contributed by atoms with E-state index >= 15 is 0 Å². The second-order valence-corrected chi connectivity index (χ2v) is 8.27. The van der Waals surface area contributed by atoms with E-state index in [1.165, 1.54) is 19.2 Å². The fraction of sp³-hybridized carbons (Fsp3) is 0.588. The number of amides is 1. The van der Waals surface area contributed by atoms with Gasteiger partial charge in [0, 0.05) is 37.8 Å². The van der Waals surface area contributed by atoms with E-state index in [1.54, 1.807) is 12.1 Å². The summed E-state index contributed by atoms with van der Waals surface area (Å²) in [5.74, 6) is -0.00695. The summed E-state index contributed by atoms with van der Waals surface area (Å²) in [7, 11) is -2.07. The third-order valence-electron chi connectivity index (χ3n) is 4.90. The van der Waals surface area contributed by atoms with E-state index in [9.17, 15) is 13.2 Å². The van der Waals surface area contributed by atoms with Crippen molar-refractivity contribution in [1.82, 2.24) is 14.9 Å². The average molecular weight is 404 g/mol. The maximum atomic E-state index is 12.9. The minimum atomic E-state index is -3.58. The molecule has 2 bridgehead atoms. The number of benzene rings is 1. The smallest absolute Gasteiger partial charge is 0.254 e. The molecule has 2 aliphatic rings. The quantitative estimate of drug-likeness (QED) is 0.692. The molecule has 2 heterocycles. The van der Waals surface area contributed by atoms with Gasteiger partial charge in [0.15, 0.2) is 0 Å². The highest BCUT2D eigenvalue weighted by molar-refractivity contribution is 7.89. The van der Waals surface area contributed by atoms with Gasteiger partial charge in [0.25, 0.3) is 5.91 Å². The average Bonchev–Trinajstić information content (AvgIpc) is 2.87. The maximum absolute atomic E-state index is 12.9. The molecule has 0 aromatic heterocycles. The molecule has 0 aliphatic carbocycles. The lowest BCUT2D eigenvalue weighted by Crippen LogP contribution is -2.42. The number of nitrogens with zero attached hydrogens (tertiary/aromatic N) is 1. The standard InChI is InChI=1S/C17H25N3O4S.ClH/c1-24-11-10-19-25(22,23)16-6-2-13(3-7-16)17(21)20-14-4-5-15(20)12-18-9-8-14;/h2-3,6-7,14-15,18-19H,4-5,8-12H2,1H3;1H. The molecule has 2 saturated heterocycles. The van der Waals surface area contributed by atoms with Crippen LogP contribution in [0.15, 0.2) is 29.2 Å². The fourth-order valence-electron chi connectivity index (χ4n) is 3.60. The number of hydrogen-bond acceptors (Lipinski definition) is 5. The summed E-state index contributed by atoms with van der Waals surface area (Å²) in [6.45, 7) is 2.29. The molecule has 1 aromatic carbocycles. The first-order valence-corrected chi connectivity index (χ1v) is 10.1. The Hall–Kier alpha value is -1.19.